The molecule has 0 aromatic heterocycles. The van der Waals surface area contributed by atoms with E-state index in [0.717, 1.165) is 11.1 Å². The van der Waals surface area contributed by atoms with E-state index >= 15 is 0 Å². The van der Waals surface area contributed by atoms with E-state index in [1.807, 2.05) is 32.0 Å². The summed E-state index contributed by atoms with van der Waals surface area (Å²) in [6.45, 7) is 4.97. The number of ether oxygens (including phenoxy) is 2. The molecule has 12 heteroatoms. The van der Waals surface area contributed by atoms with Crippen molar-refractivity contribution >= 4 is 37.3 Å². The summed E-state index contributed by atoms with van der Waals surface area (Å²) < 4.78 is 64.9. The Morgan fingerprint density at radius 3 is 2.17 bits per heavy atom. The fourth-order valence-electron chi connectivity index (χ4n) is 4.56. The van der Waals surface area contributed by atoms with Gasteiger partial charge >= 0.3 is 0 Å². The zero-order chi connectivity index (χ0) is 29.1. The quantitative estimate of drug-likeness (QED) is 0.406. The third kappa shape index (κ3) is 6.47. The van der Waals surface area contributed by atoms with Crippen molar-refractivity contribution in [3.8, 4) is 5.75 Å². The molecular weight excluding hydrogens is 554 g/mol. The largest absolute Gasteiger partial charge is 0.495 e. The molecule has 1 aliphatic heterocycles. The lowest BCUT2D eigenvalue weighted by molar-refractivity contribution is 0.0730. The zero-order valence-corrected chi connectivity index (χ0v) is 24.5. The molecule has 1 amide bonds. The fourth-order valence-corrected chi connectivity index (χ4v) is 7.00. The molecule has 1 saturated heterocycles. The molecule has 1 fully saturated rings. The molecule has 0 saturated carbocycles. The number of sulfonamides is 2. The third-order valence-electron chi connectivity index (χ3n) is 6.66. The Kier molecular flexibility index (Phi) is 8.83. The summed E-state index contributed by atoms with van der Waals surface area (Å²) in [5.74, 6) is -0.163. The number of nitrogens with one attached hydrogen (secondary N) is 1. The van der Waals surface area contributed by atoms with Gasteiger partial charge in [0.2, 0.25) is 20.0 Å². The Hall–Kier alpha value is -3.45. The maximum Gasteiger partial charge on any atom is 0.255 e. The van der Waals surface area contributed by atoms with Crippen LogP contribution in [-0.2, 0) is 31.3 Å². The Morgan fingerprint density at radius 1 is 0.975 bits per heavy atom. The number of nitrogens with zero attached hydrogens (tertiary/aromatic N) is 2. The molecule has 0 aliphatic carbocycles. The maximum atomic E-state index is 13.1. The second-order valence-corrected chi connectivity index (χ2v) is 13.4. The highest BCUT2D eigenvalue weighted by Crippen LogP contribution is 2.31. The lowest BCUT2D eigenvalue weighted by atomic mass is 10.1. The summed E-state index contributed by atoms with van der Waals surface area (Å²) in [6.07, 6.45) is 1.17. The van der Waals surface area contributed by atoms with E-state index < -0.39 is 26.0 Å². The van der Waals surface area contributed by atoms with Crippen LogP contribution in [0.15, 0.2) is 65.6 Å². The smallest absolute Gasteiger partial charge is 0.255 e. The fraction of sp³-hybridized carbons (Fsp3) is 0.321. The number of morpholine rings is 1. The van der Waals surface area contributed by atoms with E-state index in [4.69, 9.17) is 9.47 Å². The lowest BCUT2D eigenvalue weighted by Crippen LogP contribution is -2.40. The molecule has 0 unspecified atom stereocenters. The van der Waals surface area contributed by atoms with E-state index in [-0.39, 0.29) is 30.2 Å². The number of amides is 1. The van der Waals surface area contributed by atoms with E-state index in [0.29, 0.717) is 35.8 Å². The first-order valence-electron chi connectivity index (χ1n) is 12.6. The molecular formula is C28H33N3O7S2. The summed E-state index contributed by atoms with van der Waals surface area (Å²) in [5.41, 5.74) is 3.53. The molecule has 3 aromatic carbocycles. The maximum absolute atomic E-state index is 13.1. The number of hydrogen-bond donors (Lipinski definition) is 1. The summed E-state index contributed by atoms with van der Waals surface area (Å²) in [5, 5.41) is 2.74. The van der Waals surface area contributed by atoms with Crippen LogP contribution in [0.1, 0.15) is 27.0 Å². The summed E-state index contributed by atoms with van der Waals surface area (Å²) in [4.78, 5) is 13.1. The van der Waals surface area contributed by atoms with Gasteiger partial charge in [0.1, 0.15) is 5.75 Å². The molecule has 1 aliphatic rings. The molecule has 0 atom stereocenters. The van der Waals surface area contributed by atoms with Crippen molar-refractivity contribution in [2.75, 3.05) is 49.3 Å². The Bertz CT molecular complexity index is 1580. The average Bonchev–Trinajstić information content (AvgIpc) is 2.92. The first kappa shape index (κ1) is 29.5. The van der Waals surface area contributed by atoms with Gasteiger partial charge in [-0.15, -0.1) is 0 Å². The predicted octanol–water partition coefficient (Wildman–Crippen LogP) is 3.55. The molecule has 40 heavy (non-hydrogen) atoms. The number of carbonyl (C=O) groups is 1. The third-order valence-corrected chi connectivity index (χ3v) is 9.67. The number of methoxy groups -OCH3 is 1. The highest BCUT2D eigenvalue weighted by molar-refractivity contribution is 7.92. The summed E-state index contributed by atoms with van der Waals surface area (Å²) in [6, 6.07) is 16.5. The van der Waals surface area contributed by atoms with Gasteiger partial charge in [-0.2, -0.15) is 4.31 Å². The number of anilines is 2. The van der Waals surface area contributed by atoms with E-state index in [1.54, 1.807) is 24.3 Å². The molecule has 0 radical (unpaired) electrons. The van der Waals surface area contributed by atoms with E-state index in [1.165, 1.54) is 40.2 Å². The van der Waals surface area contributed by atoms with Crippen molar-refractivity contribution in [3.05, 3.63) is 82.9 Å². The number of aryl methyl sites for hydroxylation is 2. The second kappa shape index (κ2) is 12.0. The number of hydrogen-bond acceptors (Lipinski definition) is 7. The van der Waals surface area contributed by atoms with Crippen LogP contribution >= 0.6 is 0 Å². The van der Waals surface area contributed by atoms with Crippen molar-refractivity contribution in [2.45, 2.75) is 25.3 Å². The standard InChI is InChI=1S/C28H33N3O7S2/c1-20-6-5-7-21(2)27(20)31(39(4,33)34)19-22-8-10-23(11-9-22)28(32)29-25-18-24(12-13-26(25)37-3)40(35,36)30-14-16-38-17-15-30/h5-13,18H,14-17,19H2,1-4H3,(H,29,32). The van der Waals surface area contributed by atoms with Crippen LogP contribution in [0.2, 0.25) is 0 Å². The van der Waals surface area contributed by atoms with Crippen molar-refractivity contribution in [2.24, 2.45) is 0 Å². The topological polar surface area (TPSA) is 122 Å². The Labute approximate surface area is 235 Å². The second-order valence-electron chi connectivity index (χ2n) is 9.54. The van der Waals surface area contributed by atoms with Gasteiger partial charge in [0.15, 0.2) is 0 Å². The Balaban J connectivity index is 1.55. The van der Waals surface area contributed by atoms with Gasteiger partial charge < -0.3 is 14.8 Å². The van der Waals surface area contributed by atoms with Crippen molar-refractivity contribution in [1.29, 1.82) is 0 Å². The van der Waals surface area contributed by atoms with Crippen molar-refractivity contribution in [1.82, 2.24) is 4.31 Å². The van der Waals surface area contributed by atoms with Crippen LogP contribution in [0.3, 0.4) is 0 Å². The van der Waals surface area contributed by atoms with Gasteiger partial charge in [0.05, 0.1) is 49.4 Å². The molecule has 3 aromatic rings. The van der Waals surface area contributed by atoms with Gasteiger partial charge in [-0.25, -0.2) is 16.8 Å². The molecule has 1 heterocycles. The number of rotatable bonds is 9. The van der Waals surface area contributed by atoms with E-state index in [9.17, 15) is 21.6 Å². The predicted molar refractivity (Wildman–Crippen MR) is 154 cm³/mol. The van der Waals surface area contributed by atoms with Crippen LogP contribution in [-0.4, -0.2) is 66.7 Å². The van der Waals surface area contributed by atoms with Crippen LogP contribution in [0, 0.1) is 13.8 Å². The van der Waals surface area contributed by atoms with Crippen molar-refractivity contribution in [3.63, 3.8) is 0 Å². The molecule has 0 spiro atoms. The van der Waals surface area contributed by atoms with Crippen LogP contribution in [0.4, 0.5) is 11.4 Å². The molecule has 0 bridgehead atoms. The minimum absolute atomic E-state index is 0.0354. The van der Waals surface area contributed by atoms with Crippen LogP contribution in [0.5, 0.6) is 5.75 Å². The molecule has 1 N–H and O–H groups in total. The molecule has 214 valence electrons. The minimum Gasteiger partial charge on any atom is -0.495 e. The molecule has 10 nitrogen and oxygen atoms in total. The monoisotopic (exact) mass is 587 g/mol. The zero-order valence-electron chi connectivity index (χ0n) is 22.9. The van der Waals surface area contributed by atoms with Crippen LogP contribution < -0.4 is 14.4 Å². The van der Waals surface area contributed by atoms with Gasteiger partial charge in [-0.3, -0.25) is 9.10 Å². The van der Waals surface area contributed by atoms with Crippen LogP contribution in [0.25, 0.3) is 0 Å². The first-order chi connectivity index (χ1) is 18.9. The summed E-state index contributed by atoms with van der Waals surface area (Å²) >= 11 is 0. The highest BCUT2D eigenvalue weighted by Gasteiger charge is 2.27. The minimum atomic E-state index is -3.78. The number of benzene rings is 3. The van der Waals surface area contributed by atoms with E-state index in [2.05, 4.69) is 5.32 Å². The molecule has 4 rings (SSSR count). The van der Waals surface area contributed by atoms with Gasteiger partial charge in [0.25, 0.3) is 5.91 Å². The highest BCUT2D eigenvalue weighted by atomic mass is 32.2. The number of para-hydroxylation sites is 1. The SMILES string of the molecule is COc1ccc(S(=O)(=O)N2CCOCC2)cc1NC(=O)c1ccc(CN(c2c(C)cccc2C)S(C)(=O)=O)cc1. The van der Waals surface area contributed by atoms with Gasteiger partial charge in [0, 0.05) is 18.7 Å². The first-order valence-corrected chi connectivity index (χ1v) is 15.9. The Morgan fingerprint density at radius 2 is 1.60 bits per heavy atom. The van der Waals surface area contributed by atoms with Gasteiger partial charge in [-0.1, -0.05) is 30.3 Å². The average molecular weight is 588 g/mol. The van der Waals surface area contributed by atoms with Gasteiger partial charge in [-0.05, 0) is 60.9 Å². The normalized spacial score (nSPS) is 14.5. The lowest BCUT2D eigenvalue weighted by Gasteiger charge is -2.26. The summed E-state index contributed by atoms with van der Waals surface area (Å²) in [7, 11) is -5.93. The number of carbonyl (C=O) groups excluding carboxylic acids is 1. The van der Waals surface area contributed by atoms with Crippen molar-refractivity contribution < 1.29 is 31.1 Å².